The highest BCUT2D eigenvalue weighted by Gasteiger charge is 2.19. The summed E-state index contributed by atoms with van der Waals surface area (Å²) >= 11 is 0. The Bertz CT molecular complexity index is 345. The molecule has 1 aromatic carbocycles. The van der Waals surface area contributed by atoms with Gasteiger partial charge in [-0.15, -0.1) is 12.3 Å². The second-order valence-corrected chi connectivity index (χ2v) is 3.47. The molecule has 0 bridgehead atoms. The van der Waals surface area contributed by atoms with Crippen LogP contribution in [0.4, 0.5) is 0 Å². The largest absolute Gasteiger partial charge is 0.294 e. The van der Waals surface area contributed by atoms with Crippen molar-refractivity contribution >= 4 is 5.78 Å². The van der Waals surface area contributed by atoms with Crippen LogP contribution in [0.15, 0.2) is 30.3 Å². The number of Topliss-reactive ketones (excluding diaryl/α,β-unsaturated/α-hetero) is 1. The van der Waals surface area contributed by atoms with Crippen molar-refractivity contribution in [3.63, 3.8) is 0 Å². The van der Waals surface area contributed by atoms with E-state index in [-0.39, 0.29) is 17.6 Å². The molecule has 0 N–H and O–H groups in total. The Balaban J connectivity index is 2.82. The highest BCUT2D eigenvalue weighted by Crippen LogP contribution is 2.16. The van der Waals surface area contributed by atoms with Crippen LogP contribution in [0.2, 0.25) is 0 Å². The fourth-order valence-electron chi connectivity index (χ4n) is 1.24. The number of carbonyl (C=O) groups excluding carboxylic acids is 1. The van der Waals surface area contributed by atoms with E-state index in [4.69, 9.17) is 6.42 Å². The average Bonchev–Trinajstić information content (AvgIpc) is 2.27. The van der Waals surface area contributed by atoms with Crippen LogP contribution in [0.3, 0.4) is 0 Å². The van der Waals surface area contributed by atoms with Gasteiger partial charge < -0.3 is 0 Å². The summed E-state index contributed by atoms with van der Waals surface area (Å²) in [5.41, 5.74) is 0.738. The minimum Gasteiger partial charge on any atom is -0.294 e. The smallest absolute Gasteiger partial charge is 0.166 e. The molecule has 0 aliphatic carbocycles. The summed E-state index contributed by atoms with van der Waals surface area (Å²) < 4.78 is 0. The highest BCUT2D eigenvalue weighted by molar-refractivity contribution is 5.97. The average molecular weight is 186 g/mol. The lowest BCUT2D eigenvalue weighted by Gasteiger charge is -2.13. The van der Waals surface area contributed by atoms with E-state index in [2.05, 4.69) is 5.92 Å². The van der Waals surface area contributed by atoms with Crippen molar-refractivity contribution in [2.75, 3.05) is 0 Å². The zero-order valence-corrected chi connectivity index (χ0v) is 8.53. The number of ketones is 1. The zero-order chi connectivity index (χ0) is 10.6. The van der Waals surface area contributed by atoms with Crippen LogP contribution >= 0.6 is 0 Å². The van der Waals surface area contributed by atoms with E-state index in [0.29, 0.717) is 0 Å². The normalized spacial score (nSPS) is 14.1. The minimum atomic E-state index is -0.109. The molecule has 0 spiro atoms. The molecule has 1 nitrogen and oxygen atoms in total. The lowest BCUT2D eigenvalue weighted by molar-refractivity contribution is 0.0910. The van der Waals surface area contributed by atoms with Crippen molar-refractivity contribution in [1.82, 2.24) is 0 Å². The van der Waals surface area contributed by atoms with E-state index in [0.717, 1.165) is 5.56 Å². The zero-order valence-electron chi connectivity index (χ0n) is 8.53. The predicted molar refractivity (Wildman–Crippen MR) is 57.9 cm³/mol. The van der Waals surface area contributed by atoms with Gasteiger partial charge in [0.1, 0.15) is 0 Å². The number of rotatable bonds is 3. The fraction of sp³-hybridized carbons (Fsp3) is 0.308. The molecule has 0 saturated heterocycles. The van der Waals surface area contributed by atoms with Gasteiger partial charge in [-0.05, 0) is 0 Å². The molecule has 0 radical (unpaired) electrons. The summed E-state index contributed by atoms with van der Waals surface area (Å²) in [6.45, 7) is 3.77. The Morgan fingerprint density at radius 1 is 1.29 bits per heavy atom. The van der Waals surface area contributed by atoms with Crippen LogP contribution in [-0.2, 0) is 0 Å². The molecular weight excluding hydrogens is 172 g/mol. The summed E-state index contributed by atoms with van der Waals surface area (Å²) in [5, 5.41) is 0. The maximum atomic E-state index is 11.8. The van der Waals surface area contributed by atoms with Crippen LogP contribution < -0.4 is 0 Å². The lowest BCUT2D eigenvalue weighted by atomic mass is 9.89. The first kappa shape index (κ1) is 10.5. The standard InChI is InChI=1S/C13H14O/c1-4-10(2)11(3)13(14)12-8-6-5-7-9-12/h1,5-11H,2-3H3/t10-,11-/m0/s1. The molecule has 2 atom stereocenters. The van der Waals surface area contributed by atoms with Crippen molar-refractivity contribution in [2.45, 2.75) is 13.8 Å². The predicted octanol–water partition coefficient (Wildman–Crippen LogP) is 2.77. The molecule has 0 heterocycles. The van der Waals surface area contributed by atoms with Gasteiger partial charge in [0, 0.05) is 17.4 Å². The molecule has 0 unspecified atom stereocenters. The monoisotopic (exact) mass is 186 g/mol. The van der Waals surface area contributed by atoms with Crippen molar-refractivity contribution in [3.8, 4) is 12.3 Å². The first-order valence-electron chi connectivity index (χ1n) is 4.72. The molecule has 0 fully saturated rings. The molecule has 72 valence electrons. The first-order chi connectivity index (χ1) is 6.66. The van der Waals surface area contributed by atoms with E-state index in [1.54, 1.807) is 0 Å². The van der Waals surface area contributed by atoms with Gasteiger partial charge in [0.05, 0.1) is 0 Å². The quantitative estimate of drug-likeness (QED) is 0.524. The van der Waals surface area contributed by atoms with E-state index in [1.807, 2.05) is 44.2 Å². The number of hydrogen-bond acceptors (Lipinski definition) is 1. The maximum absolute atomic E-state index is 11.8. The highest BCUT2D eigenvalue weighted by atomic mass is 16.1. The van der Waals surface area contributed by atoms with Crippen molar-refractivity contribution in [1.29, 1.82) is 0 Å². The molecule has 0 aliphatic heterocycles. The van der Waals surface area contributed by atoms with E-state index < -0.39 is 0 Å². The van der Waals surface area contributed by atoms with Gasteiger partial charge in [0.2, 0.25) is 0 Å². The van der Waals surface area contributed by atoms with Gasteiger partial charge in [-0.1, -0.05) is 44.2 Å². The first-order valence-corrected chi connectivity index (χ1v) is 4.72. The third-order valence-corrected chi connectivity index (χ3v) is 2.48. The molecule has 0 aromatic heterocycles. The number of terminal acetylenes is 1. The molecule has 0 saturated carbocycles. The van der Waals surface area contributed by atoms with Crippen molar-refractivity contribution < 1.29 is 4.79 Å². The van der Waals surface area contributed by atoms with Gasteiger partial charge in [0.25, 0.3) is 0 Å². The molecular formula is C13H14O. The second kappa shape index (κ2) is 4.62. The van der Waals surface area contributed by atoms with E-state index in [1.165, 1.54) is 0 Å². The Morgan fingerprint density at radius 2 is 1.86 bits per heavy atom. The molecule has 1 aromatic rings. The SMILES string of the molecule is C#C[C@H](C)[C@H](C)C(=O)c1ccccc1. The maximum Gasteiger partial charge on any atom is 0.166 e. The summed E-state index contributed by atoms with van der Waals surface area (Å²) in [5.74, 6) is 2.60. The van der Waals surface area contributed by atoms with Gasteiger partial charge in [-0.2, -0.15) is 0 Å². The Kier molecular flexibility index (Phi) is 3.48. The topological polar surface area (TPSA) is 17.1 Å². The third-order valence-electron chi connectivity index (χ3n) is 2.48. The van der Waals surface area contributed by atoms with Crippen LogP contribution in [-0.4, -0.2) is 5.78 Å². The van der Waals surface area contributed by atoms with Crippen LogP contribution in [0.5, 0.6) is 0 Å². The fourth-order valence-corrected chi connectivity index (χ4v) is 1.24. The molecule has 0 amide bonds. The lowest BCUT2D eigenvalue weighted by Crippen LogP contribution is -2.17. The van der Waals surface area contributed by atoms with E-state index >= 15 is 0 Å². The van der Waals surface area contributed by atoms with Crippen LogP contribution in [0.1, 0.15) is 24.2 Å². The Labute approximate surface area is 85.1 Å². The molecule has 0 aliphatic rings. The van der Waals surface area contributed by atoms with Gasteiger partial charge >= 0.3 is 0 Å². The number of carbonyl (C=O) groups is 1. The van der Waals surface area contributed by atoms with Gasteiger partial charge in [-0.25, -0.2) is 0 Å². The Morgan fingerprint density at radius 3 is 2.36 bits per heavy atom. The van der Waals surface area contributed by atoms with Crippen LogP contribution in [0, 0.1) is 24.2 Å². The van der Waals surface area contributed by atoms with Crippen molar-refractivity contribution in [2.24, 2.45) is 11.8 Å². The van der Waals surface area contributed by atoms with E-state index in [9.17, 15) is 4.79 Å². The number of benzene rings is 1. The van der Waals surface area contributed by atoms with Gasteiger partial charge in [-0.3, -0.25) is 4.79 Å². The summed E-state index contributed by atoms with van der Waals surface area (Å²) in [6.07, 6.45) is 5.29. The summed E-state index contributed by atoms with van der Waals surface area (Å²) in [7, 11) is 0. The summed E-state index contributed by atoms with van der Waals surface area (Å²) in [6, 6.07) is 9.26. The minimum absolute atomic E-state index is 0.0114. The molecule has 1 heteroatoms. The van der Waals surface area contributed by atoms with Crippen LogP contribution in [0.25, 0.3) is 0 Å². The Hall–Kier alpha value is -1.55. The number of hydrogen-bond donors (Lipinski definition) is 0. The van der Waals surface area contributed by atoms with Crippen molar-refractivity contribution in [3.05, 3.63) is 35.9 Å². The second-order valence-electron chi connectivity index (χ2n) is 3.47. The summed E-state index contributed by atoms with van der Waals surface area (Å²) in [4.78, 5) is 11.8. The van der Waals surface area contributed by atoms with Gasteiger partial charge in [0.15, 0.2) is 5.78 Å². The third kappa shape index (κ3) is 2.23. The molecule has 14 heavy (non-hydrogen) atoms. The molecule has 1 rings (SSSR count).